The number of morpholine rings is 1. The zero-order valence-corrected chi connectivity index (χ0v) is 8.95. The fourth-order valence-corrected chi connectivity index (χ4v) is 2.65. The predicted octanol–water partition coefficient (Wildman–Crippen LogP) is 0.836. The molecule has 0 spiro atoms. The fraction of sp³-hybridized carbons (Fsp3) is 1.00. The average molecular weight is 198 g/mol. The van der Waals surface area contributed by atoms with Crippen LogP contribution in [0.5, 0.6) is 0 Å². The minimum absolute atomic E-state index is 0.467. The molecule has 1 saturated heterocycles. The van der Waals surface area contributed by atoms with Crippen LogP contribution in [0.3, 0.4) is 0 Å². The number of nitrogens with zero attached hydrogens (tertiary/aromatic N) is 1. The molecular weight excluding hydrogens is 176 g/mol. The third-order valence-electron chi connectivity index (χ3n) is 3.44. The molecule has 0 aromatic heterocycles. The fourth-order valence-electron chi connectivity index (χ4n) is 2.65. The van der Waals surface area contributed by atoms with E-state index < -0.39 is 0 Å². The van der Waals surface area contributed by atoms with Crippen LogP contribution in [0.2, 0.25) is 0 Å². The lowest BCUT2D eigenvalue weighted by atomic mass is 9.86. The van der Waals surface area contributed by atoms with Gasteiger partial charge in [-0.2, -0.15) is 0 Å². The van der Waals surface area contributed by atoms with Gasteiger partial charge in [-0.1, -0.05) is 6.42 Å². The number of hydrogen-bond donors (Lipinski definition) is 1. The van der Waals surface area contributed by atoms with E-state index in [1.54, 1.807) is 0 Å². The SMILES string of the molecule is NC1CCCC(CN2CCOCC2)C1. The first kappa shape index (κ1) is 10.4. The Bertz CT molecular complexity index is 169. The third kappa shape index (κ3) is 2.94. The Labute approximate surface area is 86.6 Å². The summed E-state index contributed by atoms with van der Waals surface area (Å²) in [4.78, 5) is 2.53. The first-order valence-electron chi connectivity index (χ1n) is 5.90. The second-order valence-electron chi connectivity index (χ2n) is 4.71. The molecule has 0 aromatic rings. The predicted molar refractivity (Wildman–Crippen MR) is 57.2 cm³/mol. The molecule has 82 valence electrons. The maximum atomic E-state index is 5.99. The van der Waals surface area contributed by atoms with Gasteiger partial charge >= 0.3 is 0 Å². The van der Waals surface area contributed by atoms with Crippen LogP contribution >= 0.6 is 0 Å². The molecular formula is C11H22N2O. The molecule has 2 fully saturated rings. The van der Waals surface area contributed by atoms with E-state index in [1.807, 2.05) is 0 Å². The molecule has 0 radical (unpaired) electrons. The molecule has 1 heterocycles. The monoisotopic (exact) mass is 198 g/mol. The second kappa shape index (κ2) is 5.10. The van der Waals surface area contributed by atoms with E-state index in [0.29, 0.717) is 6.04 Å². The van der Waals surface area contributed by atoms with Crippen molar-refractivity contribution in [3.63, 3.8) is 0 Å². The summed E-state index contributed by atoms with van der Waals surface area (Å²) in [7, 11) is 0. The van der Waals surface area contributed by atoms with Crippen molar-refractivity contribution in [3.8, 4) is 0 Å². The molecule has 2 unspecified atom stereocenters. The Morgan fingerprint density at radius 1 is 1.21 bits per heavy atom. The summed E-state index contributed by atoms with van der Waals surface area (Å²) in [6.45, 7) is 5.31. The minimum Gasteiger partial charge on any atom is -0.379 e. The number of hydrogen-bond acceptors (Lipinski definition) is 3. The van der Waals surface area contributed by atoms with E-state index in [0.717, 1.165) is 32.2 Å². The van der Waals surface area contributed by atoms with Gasteiger partial charge in [0.1, 0.15) is 0 Å². The summed E-state index contributed by atoms with van der Waals surface area (Å²) in [5.41, 5.74) is 5.99. The average Bonchev–Trinajstić information content (AvgIpc) is 2.19. The zero-order chi connectivity index (χ0) is 9.80. The number of ether oxygens (including phenoxy) is 1. The van der Waals surface area contributed by atoms with E-state index in [9.17, 15) is 0 Å². The normalized spacial score (nSPS) is 35.8. The van der Waals surface area contributed by atoms with Gasteiger partial charge in [0.25, 0.3) is 0 Å². The smallest absolute Gasteiger partial charge is 0.0594 e. The molecule has 2 aliphatic rings. The maximum absolute atomic E-state index is 5.99. The molecule has 3 nitrogen and oxygen atoms in total. The van der Waals surface area contributed by atoms with Crippen molar-refractivity contribution < 1.29 is 4.74 Å². The summed E-state index contributed by atoms with van der Waals surface area (Å²) in [6, 6.07) is 0.467. The molecule has 2 rings (SSSR count). The van der Waals surface area contributed by atoms with E-state index >= 15 is 0 Å². The summed E-state index contributed by atoms with van der Waals surface area (Å²) in [5, 5.41) is 0. The van der Waals surface area contributed by atoms with Crippen molar-refractivity contribution in [1.29, 1.82) is 0 Å². The third-order valence-corrected chi connectivity index (χ3v) is 3.44. The highest BCUT2D eigenvalue weighted by Crippen LogP contribution is 2.24. The first-order chi connectivity index (χ1) is 6.84. The lowest BCUT2D eigenvalue weighted by Crippen LogP contribution is -2.41. The van der Waals surface area contributed by atoms with Crippen LogP contribution < -0.4 is 5.73 Å². The molecule has 14 heavy (non-hydrogen) atoms. The lowest BCUT2D eigenvalue weighted by Gasteiger charge is -2.33. The van der Waals surface area contributed by atoms with Gasteiger partial charge in [-0.3, -0.25) is 4.90 Å². The summed E-state index contributed by atoms with van der Waals surface area (Å²) < 4.78 is 5.34. The van der Waals surface area contributed by atoms with Gasteiger partial charge in [0.2, 0.25) is 0 Å². The van der Waals surface area contributed by atoms with Crippen LogP contribution in [0.25, 0.3) is 0 Å². The number of rotatable bonds is 2. The molecule has 1 aliphatic carbocycles. The highest BCUT2D eigenvalue weighted by molar-refractivity contribution is 4.78. The van der Waals surface area contributed by atoms with Crippen molar-refractivity contribution in [2.45, 2.75) is 31.7 Å². The van der Waals surface area contributed by atoms with Crippen LogP contribution in [-0.2, 0) is 4.74 Å². The van der Waals surface area contributed by atoms with Gasteiger partial charge in [0.05, 0.1) is 13.2 Å². The Balaban J connectivity index is 1.72. The molecule has 2 atom stereocenters. The summed E-state index contributed by atoms with van der Waals surface area (Å²) in [6.07, 6.45) is 5.18. The molecule has 1 saturated carbocycles. The van der Waals surface area contributed by atoms with Crippen LogP contribution in [0.4, 0.5) is 0 Å². The van der Waals surface area contributed by atoms with Gasteiger partial charge in [-0.15, -0.1) is 0 Å². The Morgan fingerprint density at radius 3 is 2.71 bits per heavy atom. The molecule has 0 amide bonds. The van der Waals surface area contributed by atoms with E-state index in [1.165, 1.54) is 32.2 Å². The molecule has 0 bridgehead atoms. The number of nitrogens with two attached hydrogens (primary N) is 1. The van der Waals surface area contributed by atoms with Gasteiger partial charge in [0, 0.05) is 25.7 Å². The molecule has 1 aliphatic heterocycles. The van der Waals surface area contributed by atoms with Crippen LogP contribution in [0.15, 0.2) is 0 Å². The van der Waals surface area contributed by atoms with Gasteiger partial charge in [0.15, 0.2) is 0 Å². The highest BCUT2D eigenvalue weighted by atomic mass is 16.5. The van der Waals surface area contributed by atoms with Crippen LogP contribution in [-0.4, -0.2) is 43.8 Å². The van der Waals surface area contributed by atoms with Crippen molar-refractivity contribution in [3.05, 3.63) is 0 Å². The van der Waals surface area contributed by atoms with Crippen molar-refractivity contribution >= 4 is 0 Å². The Kier molecular flexibility index (Phi) is 3.79. The van der Waals surface area contributed by atoms with Crippen molar-refractivity contribution in [2.75, 3.05) is 32.8 Å². The summed E-state index contributed by atoms with van der Waals surface area (Å²) in [5.74, 6) is 0.844. The van der Waals surface area contributed by atoms with Crippen LogP contribution in [0, 0.1) is 5.92 Å². The summed E-state index contributed by atoms with van der Waals surface area (Å²) >= 11 is 0. The topological polar surface area (TPSA) is 38.5 Å². The van der Waals surface area contributed by atoms with E-state index in [-0.39, 0.29) is 0 Å². The zero-order valence-electron chi connectivity index (χ0n) is 8.95. The Hall–Kier alpha value is -0.120. The first-order valence-corrected chi connectivity index (χ1v) is 5.90. The lowest BCUT2D eigenvalue weighted by molar-refractivity contribution is 0.0272. The van der Waals surface area contributed by atoms with Crippen LogP contribution in [0.1, 0.15) is 25.7 Å². The Morgan fingerprint density at radius 2 is 2.00 bits per heavy atom. The maximum Gasteiger partial charge on any atom is 0.0594 e. The molecule has 3 heteroatoms. The standard InChI is InChI=1S/C11H22N2O/c12-11-3-1-2-10(8-11)9-13-4-6-14-7-5-13/h10-11H,1-9,12H2. The van der Waals surface area contributed by atoms with Gasteiger partial charge < -0.3 is 10.5 Å². The van der Waals surface area contributed by atoms with E-state index in [2.05, 4.69) is 4.90 Å². The largest absolute Gasteiger partial charge is 0.379 e. The second-order valence-corrected chi connectivity index (χ2v) is 4.71. The molecule has 2 N–H and O–H groups in total. The molecule has 0 aromatic carbocycles. The van der Waals surface area contributed by atoms with E-state index in [4.69, 9.17) is 10.5 Å². The quantitative estimate of drug-likeness (QED) is 0.714. The van der Waals surface area contributed by atoms with Crippen molar-refractivity contribution in [2.24, 2.45) is 11.7 Å². The van der Waals surface area contributed by atoms with Crippen molar-refractivity contribution in [1.82, 2.24) is 4.90 Å². The van der Waals surface area contributed by atoms with Gasteiger partial charge in [-0.25, -0.2) is 0 Å². The van der Waals surface area contributed by atoms with Gasteiger partial charge in [-0.05, 0) is 25.2 Å². The highest BCUT2D eigenvalue weighted by Gasteiger charge is 2.22. The minimum atomic E-state index is 0.467.